The molecule has 0 spiro atoms. The van der Waals surface area contributed by atoms with Crippen LogP contribution in [-0.2, 0) is 6.18 Å². The quantitative estimate of drug-likeness (QED) is 0.853. The summed E-state index contributed by atoms with van der Waals surface area (Å²) in [6.45, 7) is 6.51. The summed E-state index contributed by atoms with van der Waals surface area (Å²) in [5, 5.41) is 0. The Morgan fingerprint density at radius 3 is 2.20 bits per heavy atom. The van der Waals surface area contributed by atoms with Gasteiger partial charge in [0.05, 0.1) is 16.9 Å². The first kappa shape index (κ1) is 16.9. The predicted octanol–water partition coefficient (Wildman–Crippen LogP) is 2.85. The van der Waals surface area contributed by atoms with E-state index < -0.39 is 11.7 Å². The lowest BCUT2D eigenvalue weighted by molar-refractivity contribution is -0.137. The van der Waals surface area contributed by atoms with Crippen molar-refractivity contribution in [3.05, 3.63) is 23.8 Å². The van der Waals surface area contributed by atoms with Crippen molar-refractivity contribution < 1.29 is 13.2 Å². The van der Waals surface area contributed by atoms with Crippen LogP contribution in [0, 0.1) is 0 Å². The van der Waals surface area contributed by atoms with Crippen LogP contribution in [0.2, 0.25) is 0 Å². The Labute approximate surface area is 122 Å². The molecular weight excluding hydrogens is 291 g/mol. The molecule has 0 atom stereocenters. The average Bonchev–Trinajstić information content (AvgIpc) is 2.38. The molecule has 0 radical (unpaired) electrons. The summed E-state index contributed by atoms with van der Waals surface area (Å²) in [5.41, 5.74) is 5.96. The molecule has 0 bridgehead atoms. The fourth-order valence-electron chi connectivity index (χ4n) is 2.32. The maximum absolute atomic E-state index is 12.6. The van der Waals surface area contributed by atoms with E-state index in [2.05, 4.69) is 11.8 Å². The molecule has 0 aliphatic carbocycles. The Kier molecular flexibility index (Phi) is 5.53. The third-order valence-corrected chi connectivity index (χ3v) is 3.52. The highest BCUT2D eigenvalue weighted by molar-refractivity contribution is 5.85. The lowest BCUT2D eigenvalue weighted by atomic mass is 10.1. The van der Waals surface area contributed by atoms with E-state index in [1.807, 2.05) is 4.90 Å². The van der Waals surface area contributed by atoms with Crippen molar-refractivity contribution in [3.8, 4) is 0 Å². The van der Waals surface area contributed by atoms with Gasteiger partial charge < -0.3 is 15.5 Å². The summed E-state index contributed by atoms with van der Waals surface area (Å²) in [7, 11) is 0. The van der Waals surface area contributed by atoms with Gasteiger partial charge >= 0.3 is 6.18 Å². The molecule has 1 saturated heterocycles. The number of hydrogen-bond acceptors (Lipinski definition) is 3. The minimum absolute atomic E-state index is 0. The molecule has 1 aromatic carbocycles. The van der Waals surface area contributed by atoms with Crippen molar-refractivity contribution in [2.75, 3.05) is 43.4 Å². The fraction of sp³-hybridized carbons (Fsp3) is 0.538. The minimum atomic E-state index is -4.34. The monoisotopic (exact) mass is 309 g/mol. The Hall–Kier alpha value is -1.14. The zero-order chi connectivity index (χ0) is 14.0. The van der Waals surface area contributed by atoms with Crippen molar-refractivity contribution in [1.82, 2.24) is 4.90 Å². The number of halogens is 4. The van der Waals surface area contributed by atoms with Crippen LogP contribution in [-0.4, -0.2) is 37.6 Å². The molecule has 114 valence electrons. The van der Waals surface area contributed by atoms with E-state index in [1.54, 1.807) is 0 Å². The number of alkyl halides is 3. The first-order chi connectivity index (χ1) is 8.91. The number of piperazine rings is 1. The second-order valence-electron chi connectivity index (χ2n) is 4.69. The van der Waals surface area contributed by atoms with Gasteiger partial charge in [-0.1, -0.05) is 6.92 Å². The molecule has 1 aromatic rings. The van der Waals surface area contributed by atoms with Gasteiger partial charge in [0.25, 0.3) is 0 Å². The standard InChI is InChI=1S/C13H18F3N3.ClH/c1-2-18-5-7-19(8-6-18)12-4-3-10(9-11(12)17)13(14,15)16;/h3-4,9H,2,5-8,17H2,1H3;1H. The highest BCUT2D eigenvalue weighted by Crippen LogP contribution is 2.34. The number of nitrogens with two attached hydrogens (primary N) is 1. The average molecular weight is 310 g/mol. The lowest BCUT2D eigenvalue weighted by Crippen LogP contribution is -2.46. The zero-order valence-corrected chi connectivity index (χ0v) is 12.1. The van der Waals surface area contributed by atoms with Gasteiger partial charge in [0.2, 0.25) is 0 Å². The van der Waals surface area contributed by atoms with Crippen molar-refractivity contribution in [3.63, 3.8) is 0 Å². The molecule has 20 heavy (non-hydrogen) atoms. The molecule has 0 unspecified atom stereocenters. The maximum atomic E-state index is 12.6. The molecule has 2 N–H and O–H groups in total. The van der Waals surface area contributed by atoms with Crippen molar-refractivity contribution in [1.29, 1.82) is 0 Å². The number of likely N-dealkylation sites (N-methyl/N-ethyl adjacent to an activating group) is 1. The third kappa shape index (κ3) is 3.70. The van der Waals surface area contributed by atoms with Crippen LogP contribution in [0.3, 0.4) is 0 Å². The molecule has 1 heterocycles. The molecule has 7 heteroatoms. The number of benzene rings is 1. The predicted molar refractivity (Wildman–Crippen MR) is 77.4 cm³/mol. The van der Waals surface area contributed by atoms with Crippen LogP contribution in [0.4, 0.5) is 24.5 Å². The number of anilines is 2. The summed E-state index contributed by atoms with van der Waals surface area (Å²) in [4.78, 5) is 4.35. The second kappa shape index (κ2) is 6.54. The summed E-state index contributed by atoms with van der Waals surface area (Å²) >= 11 is 0. The van der Waals surface area contributed by atoms with Crippen LogP contribution in [0.1, 0.15) is 12.5 Å². The van der Waals surface area contributed by atoms with E-state index in [1.165, 1.54) is 6.07 Å². The number of nitrogen functional groups attached to an aromatic ring is 1. The topological polar surface area (TPSA) is 32.5 Å². The molecule has 1 fully saturated rings. The van der Waals surface area contributed by atoms with Crippen LogP contribution >= 0.6 is 12.4 Å². The van der Waals surface area contributed by atoms with Crippen LogP contribution in [0.15, 0.2) is 18.2 Å². The minimum Gasteiger partial charge on any atom is -0.397 e. The van der Waals surface area contributed by atoms with Gasteiger partial charge in [0, 0.05) is 26.2 Å². The fourth-order valence-corrected chi connectivity index (χ4v) is 2.32. The van der Waals surface area contributed by atoms with Gasteiger partial charge in [0.15, 0.2) is 0 Å². The van der Waals surface area contributed by atoms with Gasteiger partial charge in [-0.3, -0.25) is 0 Å². The molecule has 0 aromatic heterocycles. The zero-order valence-electron chi connectivity index (χ0n) is 11.3. The highest BCUT2D eigenvalue weighted by atomic mass is 35.5. The molecule has 1 aliphatic rings. The van der Waals surface area contributed by atoms with E-state index in [-0.39, 0.29) is 18.1 Å². The molecule has 1 aliphatic heterocycles. The lowest BCUT2D eigenvalue weighted by Gasteiger charge is -2.36. The van der Waals surface area contributed by atoms with Crippen molar-refractivity contribution in [2.24, 2.45) is 0 Å². The summed E-state index contributed by atoms with van der Waals surface area (Å²) in [5.74, 6) is 0. The smallest absolute Gasteiger partial charge is 0.397 e. The maximum Gasteiger partial charge on any atom is 0.416 e. The molecule has 3 nitrogen and oxygen atoms in total. The normalized spacial score (nSPS) is 16.9. The molecule has 0 amide bonds. The van der Waals surface area contributed by atoms with Gasteiger partial charge in [0.1, 0.15) is 0 Å². The van der Waals surface area contributed by atoms with Crippen molar-refractivity contribution in [2.45, 2.75) is 13.1 Å². The molecule has 0 saturated carbocycles. The van der Waals surface area contributed by atoms with E-state index in [9.17, 15) is 13.2 Å². The molecular formula is C13H19ClF3N3. The van der Waals surface area contributed by atoms with Gasteiger partial charge in [-0.15, -0.1) is 12.4 Å². The van der Waals surface area contributed by atoms with E-state index in [0.717, 1.165) is 44.9 Å². The van der Waals surface area contributed by atoms with Gasteiger partial charge in [-0.25, -0.2) is 0 Å². The highest BCUT2D eigenvalue weighted by Gasteiger charge is 2.31. The number of rotatable bonds is 2. The summed E-state index contributed by atoms with van der Waals surface area (Å²) < 4.78 is 37.7. The van der Waals surface area contributed by atoms with E-state index in [4.69, 9.17) is 5.73 Å². The van der Waals surface area contributed by atoms with Gasteiger partial charge in [-0.05, 0) is 24.7 Å². The van der Waals surface area contributed by atoms with Crippen LogP contribution < -0.4 is 10.6 Å². The Balaban J connectivity index is 0.00000200. The Bertz CT molecular complexity index is 443. The largest absolute Gasteiger partial charge is 0.416 e. The first-order valence-electron chi connectivity index (χ1n) is 6.36. The third-order valence-electron chi connectivity index (χ3n) is 3.52. The summed E-state index contributed by atoms with van der Waals surface area (Å²) in [6.07, 6.45) is -4.34. The Morgan fingerprint density at radius 2 is 1.75 bits per heavy atom. The van der Waals surface area contributed by atoms with Crippen LogP contribution in [0.5, 0.6) is 0 Å². The van der Waals surface area contributed by atoms with E-state index in [0.29, 0.717) is 5.69 Å². The molecule has 2 rings (SSSR count). The van der Waals surface area contributed by atoms with Gasteiger partial charge in [-0.2, -0.15) is 13.2 Å². The second-order valence-corrected chi connectivity index (χ2v) is 4.69. The number of nitrogens with zero attached hydrogens (tertiary/aromatic N) is 2. The van der Waals surface area contributed by atoms with Crippen LogP contribution in [0.25, 0.3) is 0 Å². The SMILES string of the molecule is CCN1CCN(c2ccc(C(F)(F)F)cc2N)CC1.Cl. The van der Waals surface area contributed by atoms with Crippen molar-refractivity contribution >= 4 is 23.8 Å². The number of hydrogen-bond donors (Lipinski definition) is 1. The summed E-state index contributed by atoms with van der Waals surface area (Å²) in [6, 6.07) is 3.58. The Morgan fingerprint density at radius 1 is 1.15 bits per heavy atom. The first-order valence-corrected chi connectivity index (χ1v) is 6.36. The van der Waals surface area contributed by atoms with E-state index >= 15 is 0 Å².